The lowest BCUT2D eigenvalue weighted by Gasteiger charge is -2.22. The number of rotatable bonds is 4. The van der Waals surface area contributed by atoms with Crippen LogP contribution < -0.4 is 0 Å². The predicted molar refractivity (Wildman–Crippen MR) is 104 cm³/mol. The molecule has 2 heterocycles. The molecule has 1 aliphatic heterocycles. The fourth-order valence-electron chi connectivity index (χ4n) is 3.21. The van der Waals surface area contributed by atoms with Crippen molar-refractivity contribution in [2.75, 3.05) is 32.4 Å². The Bertz CT molecular complexity index is 770. The van der Waals surface area contributed by atoms with Crippen molar-refractivity contribution in [2.24, 2.45) is 7.05 Å². The minimum absolute atomic E-state index is 0.0487. The van der Waals surface area contributed by atoms with Crippen LogP contribution in [0.4, 0.5) is 0 Å². The number of hydrogen-bond donors (Lipinski definition) is 0. The van der Waals surface area contributed by atoms with Crippen molar-refractivity contribution in [1.29, 1.82) is 0 Å². The van der Waals surface area contributed by atoms with Gasteiger partial charge in [-0.3, -0.25) is 9.59 Å². The number of thioether (sulfide) groups is 1. The van der Waals surface area contributed by atoms with Gasteiger partial charge in [-0.15, -0.1) is 11.8 Å². The highest BCUT2D eigenvalue weighted by Gasteiger charge is 2.23. The van der Waals surface area contributed by atoms with Gasteiger partial charge in [0.05, 0.1) is 12.0 Å². The summed E-state index contributed by atoms with van der Waals surface area (Å²) in [5.41, 5.74) is 1.75. The molecule has 0 spiro atoms. The van der Waals surface area contributed by atoms with Crippen molar-refractivity contribution in [3.63, 3.8) is 0 Å². The van der Waals surface area contributed by atoms with Crippen LogP contribution in [0.25, 0.3) is 0 Å². The zero-order valence-electron chi connectivity index (χ0n) is 15.4. The number of benzene rings is 1. The van der Waals surface area contributed by atoms with E-state index in [4.69, 9.17) is 0 Å². The quantitative estimate of drug-likeness (QED) is 0.776. The molecule has 0 unspecified atom stereocenters. The van der Waals surface area contributed by atoms with Gasteiger partial charge in [0.15, 0.2) is 0 Å². The molecule has 0 N–H and O–H groups in total. The third-order valence-corrected chi connectivity index (χ3v) is 5.47. The summed E-state index contributed by atoms with van der Waals surface area (Å²) in [6.07, 6.45) is 6.99. The van der Waals surface area contributed by atoms with Crippen molar-refractivity contribution in [3.05, 3.63) is 53.9 Å². The van der Waals surface area contributed by atoms with Crippen LogP contribution in [0.2, 0.25) is 0 Å². The molecule has 0 saturated carbocycles. The van der Waals surface area contributed by atoms with E-state index in [1.807, 2.05) is 58.3 Å². The van der Waals surface area contributed by atoms with Gasteiger partial charge in [0.2, 0.25) is 5.91 Å². The summed E-state index contributed by atoms with van der Waals surface area (Å²) in [6, 6.07) is 9.99. The molecule has 2 amide bonds. The van der Waals surface area contributed by atoms with Crippen molar-refractivity contribution in [1.82, 2.24) is 14.4 Å². The molecule has 1 aromatic carbocycles. The van der Waals surface area contributed by atoms with Crippen LogP contribution in [0.3, 0.4) is 0 Å². The van der Waals surface area contributed by atoms with Crippen molar-refractivity contribution in [2.45, 2.75) is 17.7 Å². The number of amides is 2. The molecule has 0 aliphatic carbocycles. The number of aryl methyl sites for hydroxylation is 1. The van der Waals surface area contributed by atoms with Gasteiger partial charge < -0.3 is 14.4 Å². The van der Waals surface area contributed by atoms with Crippen molar-refractivity contribution < 1.29 is 9.59 Å². The molecule has 5 nitrogen and oxygen atoms in total. The average molecular weight is 372 g/mol. The molecule has 138 valence electrons. The molecule has 3 rings (SSSR count). The first-order valence-electron chi connectivity index (χ1n) is 8.89. The number of aromatic nitrogens is 1. The Morgan fingerprint density at radius 1 is 1.00 bits per heavy atom. The second-order valence-corrected chi connectivity index (χ2v) is 7.50. The molecule has 0 radical (unpaired) electrons. The molecule has 1 aromatic heterocycles. The van der Waals surface area contributed by atoms with Crippen LogP contribution in [0.5, 0.6) is 0 Å². The van der Waals surface area contributed by atoms with Gasteiger partial charge in [-0.2, -0.15) is 0 Å². The molecule has 0 bridgehead atoms. The Morgan fingerprint density at radius 3 is 2.35 bits per heavy atom. The van der Waals surface area contributed by atoms with Crippen LogP contribution in [-0.4, -0.2) is 58.6 Å². The number of hydrogen-bond acceptors (Lipinski definition) is 3. The van der Waals surface area contributed by atoms with E-state index >= 15 is 0 Å². The highest BCUT2D eigenvalue weighted by Crippen LogP contribution is 2.16. The standard InChI is InChI=1S/C20H25N3O2S/c1-21-11-8-17(15-21)20(25)23-10-3-9-22(12-13-23)19(24)14-16-4-6-18(26-2)7-5-16/h4-8,11,15H,3,9-10,12-14H2,1-2H3. The molecule has 1 fully saturated rings. The molecule has 0 atom stereocenters. The van der Waals surface area contributed by atoms with Crippen molar-refractivity contribution in [3.8, 4) is 0 Å². The number of carbonyl (C=O) groups is 2. The smallest absolute Gasteiger partial charge is 0.255 e. The van der Waals surface area contributed by atoms with Gasteiger partial charge in [-0.25, -0.2) is 0 Å². The second kappa shape index (κ2) is 8.45. The van der Waals surface area contributed by atoms with E-state index in [1.54, 1.807) is 11.8 Å². The van der Waals surface area contributed by atoms with E-state index in [0.29, 0.717) is 38.2 Å². The van der Waals surface area contributed by atoms with Gasteiger partial charge >= 0.3 is 0 Å². The summed E-state index contributed by atoms with van der Waals surface area (Å²) in [5.74, 6) is 0.184. The van der Waals surface area contributed by atoms with Gasteiger partial charge in [0, 0.05) is 50.5 Å². The lowest BCUT2D eigenvalue weighted by Crippen LogP contribution is -2.37. The topological polar surface area (TPSA) is 45.6 Å². The summed E-state index contributed by atoms with van der Waals surface area (Å²) < 4.78 is 1.88. The van der Waals surface area contributed by atoms with Crippen LogP contribution >= 0.6 is 11.8 Å². The predicted octanol–water partition coefficient (Wildman–Crippen LogP) is 2.66. The van der Waals surface area contributed by atoms with Crippen LogP contribution in [-0.2, 0) is 18.3 Å². The molecular weight excluding hydrogens is 346 g/mol. The lowest BCUT2D eigenvalue weighted by atomic mass is 10.1. The summed E-state index contributed by atoms with van der Waals surface area (Å²) in [4.78, 5) is 30.2. The number of carbonyl (C=O) groups excluding carboxylic acids is 2. The van der Waals surface area contributed by atoms with Gasteiger partial charge in [0.1, 0.15) is 0 Å². The van der Waals surface area contributed by atoms with Gasteiger partial charge in [-0.1, -0.05) is 12.1 Å². The monoisotopic (exact) mass is 371 g/mol. The highest BCUT2D eigenvalue weighted by molar-refractivity contribution is 7.98. The van der Waals surface area contributed by atoms with E-state index in [2.05, 4.69) is 12.1 Å². The first-order valence-corrected chi connectivity index (χ1v) is 10.1. The highest BCUT2D eigenvalue weighted by atomic mass is 32.2. The maximum atomic E-state index is 12.6. The zero-order chi connectivity index (χ0) is 18.5. The second-order valence-electron chi connectivity index (χ2n) is 6.62. The van der Waals surface area contributed by atoms with E-state index in [0.717, 1.165) is 12.0 Å². The van der Waals surface area contributed by atoms with Crippen LogP contribution in [0, 0.1) is 0 Å². The van der Waals surface area contributed by atoms with Gasteiger partial charge in [0.25, 0.3) is 5.91 Å². The molecule has 1 aliphatic rings. The fourth-order valence-corrected chi connectivity index (χ4v) is 3.62. The van der Waals surface area contributed by atoms with Crippen LogP contribution in [0.15, 0.2) is 47.6 Å². The minimum atomic E-state index is 0.0487. The number of nitrogens with zero attached hydrogens (tertiary/aromatic N) is 3. The molecule has 1 saturated heterocycles. The largest absolute Gasteiger partial charge is 0.356 e. The third-order valence-electron chi connectivity index (χ3n) is 4.73. The SMILES string of the molecule is CSc1ccc(CC(=O)N2CCCN(C(=O)c3ccn(C)c3)CC2)cc1. The summed E-state index contributed by atoms with van der Waals surface area (Å²) in [7, 11) is 1.91. The average Bonchev–Trinajstić information content (AvgIpc) is 2.93. The molecular formula is C20H25N3O2S. The van der Waals surface area contributed by atoms with E-state index < -0.39 is 0 Å². The molecule has 26 heavy (non-hydrogen) atoms. The maximum absolute atomic E-state index is 12.6. The van der Waals surface area contributed by atoms with E-state index in [-0.39, 0.29) is 11.8 Å². The van der Waals surface area contributed by atoms with E-state index in [9.17, 15) is 9.59 Å². The lowest BCUT2D eigenvalue weighted by molar-refractivity contribution is -0.130. The Morgan fingerprint density at radius 2 is 1.69 bits per heavy atom. The first-order chi connectivity index (χ1) is 12.6. The molecule has 2 aromatic rings. The summed E-state index contributed by atoms with van der Waals surface area (Å²) in [5, 5.41) is 0. The Kier molecular flexibility index (Phi) is 6.04. The molecule has 6 heteroatoms. The van der Waals surface area contributed by atoms with Gasteiger partial charge in [-0.05, 0) is 36.4 Å². The fraction of sp³-hybridized carbons (Fsp3) is 0.400. The van der Waals surface area contributed by atoms with E-state index in [1.165, 1.54) is 4.90 Å². The zero-order valence-corrected chi connectivity index (χ0v) is 16.2. The Labute approximate surface area is 159 Å². The maximum Gasteiger partial charge on any atom is 0.255 e. The summed E-state index contributed by atoms with van der Waals surface area (Å²) in [6.45, 7) is 2.59. The van der Waals surface area contributed by atoms with Crippen molar-refractivity contribution >= 4 is 23.6 Å². The normalized spacial score (nSPS) is 15.0. The Balaban J connectivity index is 1.57. The third kappa shape index (κ3) is 4.49. The Hall–Kier alpha value is -2.21. The minimum Gasteiger partial charge on any atom is -0.356 e. The van der Waals surface area contributed by atoms with Crippen LogP contribution in [0.1, 0.15) is 22.3 Å². The summed E-state index contributed by atoms with van der Waals surface area (Å²) >= 11 is 1.70. The first kappa shape index (κ1) is 18.6.